The fourth-order valence-electron chi connectivity index (χ4n) is 4.04. The maximum atomic E-state index is 13.6. The minimum atomic E-state index is -1.04. The van der Waals surface area contributed by atoms with Gasteiger partial charge in [-0.1, -0.05) is 77.8 Å². The Morgan fingerprint density at radius 2 is 1.74 bits per heavy atom. The molecule has 0 radical (unpaired) electrons. The van der Waals surface area contributed by atoms with Gasteiger partial charge in [0.25, 0.3) is 5.91 Å². The van der Waals surface area contributed by atoms with E-state index in [-0.39, 0.29) is 24.3 Å². The van der Waals surface area contributed by atoms with Gasteiger partial charge in [0.05, 0.1) is 11.4 Å². The minimum Gasteiger partial charge on any atom is -0.327 e. The first-order valence-corrected chi connectivity index (χ1v) is 11.9. The first-order valence-electron chi connectivity index (χ1n) is 11.1. The van der Waals surface area contributed by atoms with Crippen molar-refractivity contribution in [3.05, 3.63) is 99.5 Å². The number of nitrogens with zero attached hydrogens (tertiary/aromatic N) is 2. The molecule has 2 amide bonds. The number of aryl methyl sites for hydroxylation is 1. The Labute approximate surface area is 209 Å². The molecule has 0 fully saturated rings. The molecule has 3 aromatic carbocycles. The number of para-hydroxylation sites is 1. The number of benzodiazepines with no additional fused rings is 1. The third-order valence-corrected chi connectivity index (χ3v) is 6.23. The predicted molar refractivity (Wildman–Crippen MR) is 138 cm³/mol. The number of rotatable bonds is 6. The Morgan fingerprint density at radius 1 is 1.03 bits per heavy atom. The van der Waals surface area contributed by atoms with E-state index in [1.54, 1.807) is 23.1 Å². The van der Waals surface area contributed by atoms with Crippen molar-refractivity contribution in [1.29, 1.82) is 0 Å². The second-order valence-corrected chi connectivity index (χ2v) is 9.21. The molecule has 4 rings (SSSR count). The van der Waals surface area contributed by atoms with Crippen LogP contribution in [0.3, 0.4) is 0 Å². The Bertz CT molecular complexity index is 1240. The van der Waals surface area contributed by atoms with Gasteiger partial charge in [-0.25, -0.2) is 4.99 Å². The maximum Gasteiger partial charge on any atom is 0.272 e. The Kier molecular flexibility index (Phi) is 7.35. The third-order valence-electron chi connectivity index (χ3n) is 5.65. The van der Waals surface area contributed by atoms with Crippen LogP contribution in [0.5, 0.6) is 0 Å². The van der Waals surface area contributed by atoms with Crippen molar-refractivity contribution in [3.63, 3.8) is 0 Å². The van der Waals surface area contributed by atoms with Crippen LogP contribution >= 0.6 is 23.2 Å². The number of anilines is 1. The highest BCUT2D eigenvalue weighted by Gasteiger charge is 2.34. The van der Waals surface area contributed by atoms with E-state index in [1.807, 2.05) is 68.4 Å². The summed E-state index contributed by atoms with van der Waals surface area (Å²) in [6, 6.07) is 22.5. The summed E-state index contributed by atoms with van der Waals surface area (Å²) in [6.45, 7) is 3.90. The summed E-state index contributed by atoms with van der Waals surface area (Å²) in [6.07, 6.45) is -0.458. The van der Waals surface area contributed by atoms with E-state index < -0.39 is 6.17 Å². The van der Waals surface area contributed by atoms with Crippen molar-refractivity contribution in [2.75, 3.05) is 4.90 Å². The van der Waals surface area contributed by atoms with E-state index in [0.717, 1.165) is 22.4 Å². The first-order chi connectivity index (χ1) is 16.3. The van der Waals surface area contributed by atoms with Gasteiger partial charge in [-0.3, -0.25) is 9.59 Å². The van der Waals surface area contributed by atoms with Gasteiger partial charge >= 0.3 is 0 Å². The summed E-state index contributed by atoms with van der Waals surface area (Å²) < 4.78 is 0. The summed E-state index contributed by atoms with van der Waals surface area (Å²) in [5.41, 5.74) is 3.98. The van der Waals surface area contributed by atoms with Gasteiger partial charge in [0.2, 0.25) is 12.1 Å². The van der Waals surface area contributed by atoms with Crippen LogP contribution in [0.15, 0.2) is 77.8 Å². The highest BCUT2D eigenvalue weighted by molar-refractivity contribution is 6.35. The lowest BCUT2D eigenvalue weighted by atomic mass is 10.00. The Morgan fingerprint density at radius 3 is 2.44 bits per heavy atom. The normalized spacial score (nSPS) is 15.6. The molecule has 0 aliphatic carbocycles. The molecule has 174 valence electrons. The minimum absolute atomic E-state index is 0.119. The summed E-state index contributed by atoms with van der Waals surface area (Å²) in [5, 5.41) is 3.89. The third kappa shape index (κ3) is 5.16. The SMILES string of the molecule is CC(C)N1C(=O)[C@@H](NC(=O)CCc2ccc(Cl)cc2Cl)N=C(c2ccccc2)c2ccccc21. The molecule has 7 heteroatoms. The van der Waals surface area contributed by atoms with Crippen molar-refractivity contribution in [3.8, 4) is 0 Å². The molecule has 5 nitrogen and oxygen atoms in total. The lowest BCUT2D eigenvalue weighted by Gasteiger charge is -2.29. The van der Waals surface area contributed by atoms with Crippen LogP contribution in [0, 0.1) is 0 Å². The fraction of sp³-hybridized carbons (Fsp3) is 0.222. The number of aliphatic imine (C=N–C) groups is 1. The molecule has 34 heavy (non-hydrogen) atoms. The Hall–Kier alpha value is -3.15. The molecule has 0 bridgehead atoms. The number of halogens is 2. The van der Waals surface area contributed by atoms with Crippen LogP contribution in [0.25, 0.3) is 0 Å². The number of hydrogen-bond donors (Lipinski definition) is 1. The molecule has 1 heterocycles. The molecule has 0 unspecified atom stereocenters. The lowest BCUT2D eigenvalue weighted by molar-refractivity contribution is -0.127. The summed E-state index contributed by atoms with van der Waals surface area (Å²) in [4.78, 5) is 33.0. The standard InChI is InChI=1S/C27H25Cl2N3O2/c1-17(2)32-23-11-7-6-10-21(23)25(19-8-4-3-5-9-19)31-26(27(32)34)30-24(33)15-13-18-12-14-20(28)16-22(18)29/h3-12,14,16-17,26H,13,15H2,1-2H3,(H,30,33)/t26-/m0/s1. The van der Waals surface area contributed by atoms with Crippen molar-refractivity contribution in [1.82, 2.24) is 5.32 Å². The number of hydrogen-bond acceptors (Lipinski definition) is 3. The number of benzene rings is 3. The molecule has 1 N–H and O–H groups in total. The van der Waals surface area contributed by atoms with Gasteiger partial charge < -0.3 is 10.2 Å². The van der Waals surface area contributed by atoms with Gasteiger partial charge in [-0.2, -0.15) is 0 Å². The number of carbonyl (C=O) groups is 2. The van der Waals surface area contributed by atoms with Crippen LogP contribution < -0.4 is 10.2 Å². The summed E-state index contributed by atoms with van der Waals surface area (Å²) >= 11 is 12.2. The van der Waals surface area contributed by atoms with E-state index in [2.05, 4.69) is 5.32 Å². The molecule has 1 aliphatic rings. The van der Waals surface area contributed by atoms with Crippen LogP contribution in [0.4, 0.5) is 5.69 Å². The van der Waals surface area contributed by atoms with Crippen molar-refractivity contribution < 1.29 is 9.59 Å². The van der Waals surface area contributed by atoms with Crippen LogP contribution in [-0.2, 0) is 16.0 Å². The van der Waals surface area contributed by atoms with E-state index in [9.17, 15) is 9.59 Å². The maximum absolute atomic E-state index is 13.6. The zero-order chi connectivity index (χ0) is 24.2. The predicted octanol–water partition coefficient (Wildman–Crippen LogP) is 5.66. The molecule has 0 saturated carbocycles. The number of nitrogens with one attached hydrogen (secondary N) is 1. The quantitative estimate of drug-likeness (QED) is 0.481. The molecule has 0 spiro atoms. The van der Waals surface area contributed by atoms with E-state index in [0.29, 0.717) is 22.2 Å². The number of amides is 2. The fourth-order valence-corrected chi connectivity index (χ4v) is 4.54. The largest absolute Gasteiger partial charge is 0.327 e. The van der Waals surface area contributed by atoms with Crippen LogP contribution in [0.1, 0.15) is 37.0 Å². The van der Waals surface area contributed by atoms with Crippen molar-refractivity contribution in [2.24, 2.45) is 4.99 Å². The molecule has 0 saturated heterocycles. The highest BCUT2D eigenvalue weighted by Crippen LogP contribution is 2.30. The molecular formula is C27H25Cl2N3O2. The zero-order valence-electron chi connectivity index (χ0n) is 19.0. The molecule has 3 aromatic rings. The second kappa shape index (κ2) is 10.4. The van der Waals surface area contributed by atoms with E-state index in [1.165, 1.54) is 0 Å². The smallest absolute Gasteiger partial charge is 0.272 e. The van der Waals surface area contributed by atoms with Gasteiger partial charge in [0, 0.05) is 33.6 Å². The van der Waals surface area contributed by atoms with Gasteiger partial charge in [-0.15, -0.1) is 0 Å². The van der Waals surface area contributed by atoms with Gasteiger partial charge in [0.15, 0.2) is 0 Å². The average molecular weight is 494 g/mol. The van der Waals surface area contributed by atoms with E-state index in [4.69, 9.17) is 28.2 Å². The molecule has 0 aromatic heterocycles. The number of fused-ring (bicyclic) bond motifs is 1. The number of carbonyl (C=O) groups excluding carboxylic acids is 2. The van der Waals surface area contributed by atoms with E-state index >= 15 is 0 Å². The topological polar surface area (TPSA) is 61.8 Å². The summed E-state index contributed by atoms with van der Waals surface area (Å²) in [5.74, 6) is -0.554. The molecule has 1 atom stereocenters. The molecular weight excluding hydrogens is 469 g/mol. The van der Waals surface area contributed by atoms with Crippen LogP contribution in [0.2, 0.25) is 10.0 Å². The average Bonchev–Trinajstić information content (AvgIpc) is 2.93. The van der Waals surface area contributed by atoms with Gasteiger partial charge in [0.1, 0.15) is 0 Å². The monoisotopic (exact) mass is 493 g/mol. The van der Waals surface area contributed by atoms with Gasteiger partial charge in [-0.05, 0) is 44.0 Å². The van der Waals surface area contributed by atoms with Crippen LogP contribution in [-0.4, -0.2) is 29.7 Å². The highest BCUT2D eigenvalue weighted by atomic mass is 35.5. The first kappa shape index (κ1) is 24.0. The lowest BCUT2D eigenvalue weighted by Crippen LogP contribution is -2.49. The van der Waals surface area contributed by atoms with Crippen molar-refractivity contribution in [2.45, 2.75) is 38.9 Å². The van der Waals surface area contributed by atoms with Crippen molar-refractivity contribution >= 4 is 46.4 Å². The second-order valence-electron chi connectivity index (χ2n) is 8.37. The molecule has 1 aliphatic heterocycles. The Balaban J connectivity index is 1.65. The zero-order valence-corrected chi connectivity index (χ0v) is 20.5. The summed E-state index contributed by atoms with van der Waals surface area (Å²) in [7, 11) is 0.